The molecule has 2 rings (SSSR count). The second-order valence-electron chi connectivity index (χ2n) is 3.27. The number of aryl methyl sites for hydroxylation is 1. The van der Waals surface area contributed by atoms with Gasteiger partial charge in [0, 0.05) is 29.0 Å². The highest BCUT2D eigenvalue weighted by Crippen LogP contribution is 2.21. The Hall–Kier alpha value is -0.870. The summed E-state index contributed by atoms with van der Waals surface area (Å²) < 4.78 is 2.96. The van der Waals surface area contributed by atoms with Crippen LogP contribution in [0.1, 0.15) is 5.69 Å². The number of halogens is 1. The molecular weight excluding hydrogens is 242 g/mol. The van der Waals surface area contributed by atoms with Crippen LogP contribution in [-0.2, 0) is 13.5 Å². The van der Waals surface area contributed by atoms with Crippen LogP contribution in [0.2, 0.25) is 0 Å². The summed E-state index contributed by atoms with van der Waals surface area (Å²) in [4.78, 5) is 0. The standard InChI is InChI=1S/C10H12BrN3/c1-14-10(4-5-12)8-3-2-7(11)6-9(8)13-14/h2-3,6H,4-5,12H2,1H3. The highest BCUT2D eigenvalue weighted by atomic mass is 79.9. The first-order chi connectivity index (χ1) is 6.72. The molecule has 74 valence electrons. The Morgan fingerprint density at radius 3 is 3.00 bits per heavy atom. The smallest absolute Gasteiger partial charge is 0.0937 e. The fourth-order valence-corrected chi connectivity index (χ4v) is 2.01. The van der Waals surface area contributed by atoms with Gasteiger partial charge in [-0.25, -0.2) is 0 Å². The Kier molecular flexibility index (Phi) is 2.56. The molecule has 0 radical (unpaired) electrons. The lowest BCUT2D eigenvalue weighted by Crippen LogP contribution is -2.07. The fraction of sp³-hybridized carbons (Fsp3) is 0.300. The van der Waals surface area contributed by atoms with Crippen LogP contribution >= 0.6 is 15.9 Å². The van der Waals surface area contributed by atoms with Crippen molar-refractivity contribution < 1.29 is 0 Å². The monoisotopic (exact) mass is 253 g/mol. The van der Waals surface area contributed by atoms with E-state index in [2.05, 4.69) is 27.1 Å². The summed E-state index contributed by atoms with van der Waals surface area (Å²) >= 11 is 3.43. The van der Waals surface area contributed by atoms with Crippen molar-refractivity contribution in [2.45, 2.75) is 6.42 Å². The third-order valence-corrected chi connectivity index (χ3v) is 2.79. The molecule has 1 aromatic heterocycles. The number of benzene rings is 1. The summed E-state index contributed by atoms with van der Waals surface area (Å²) in [6.07, 6.45) is 0.870. The quantitative estimate of drug-likeness (QED) is 0.888. The zero-order valence-corrected chi connectivity index (χ0v) is 9.58. The van der Waals surface area contributed by atoms with Crippen LogP contribution < -0.4 is 5.73 Å². The molecule has 0 atom stereocenters. The van der Waals surface area contributed by atoms with Gasteiger partial charge in [0.05, 0.1) is 5.52 Å². The second kappa shape index (κ2) is 3.71. The first-order valence-electron chi connectivity index (χ1n) is 4.53. The maximum Gasteiger partial charge on any atom is 0.0937 e. The van der Waals surface area contributed by atoms with Crippen molar-refractivity contribution in [3.63, 3.8) is 0 Å². The van der Waals surface area contributed by atoms with Crippen molar-refractivity contribution in [3.05, 3.63) is 28.4 Å². The van der Waals surface area contributed by atoms with Gasteiger partial charge in [-0.3, -0.25) is 4.68 Å². The van der Waals surface area contributed by atoms with E-state index in [1.165, 1.54) is 11.1 Å². The Labute approximate surface area is 91.0 Å². The van der Waals surface area contributed by atoms with E-state index in [0.29, 0.717) is 6.54 Å². The molecule has 0 saturated heterocycles. The summed E-state index contributed by atoms with van der Waals surface area (Å²) in [7, 11) is 1.96. The third-order valence-electron chi connectivity index (χ3n) is 2.30. The zero-order valence-electron chi connectivity index (χ0n) is 8.00. The normalized spacial score (nSPS) is 11.1. The van der Waals surface area contributed by atoms with Gasteiger partial charge in [0.25, 0.3) is 0 Å². The van der Waals surface area contributed by atoms with Crippen molar-refractivity contribution >= 4 is 26.8 Å². The van der Waals surface area contributed by atoms with Gasteiger partial charge in [0.15, 0.2) is 0 Å². The van der Waals surface area contributed by atoms with E-state index in [0.717, 1.165) is 16.4 Å². The van der Waals surface area contributed by atoms with Crippen LogP contribution in [0.5, 0.6) is 0 Å². The molecule has 0 aliphatic rings. The number of nitrogens with zero attached hydrogens (tertiary/aromatic N) is 2. The molecule has 0 fully saturated rings. The van der Waals surface area contributed by atoms with Crippen molar-refractivity contribution in [1.29, 1.82) is 0 Å². The molecule has 1 heterocycles. The largest absolute Gasteiger partial charge is 0.330 e. The predicted molar refractivity (Wildman–Crippen MR) is 61.2 cm³/mol. The van der Waals surface area contributed by atoms with Crippen LogP contribution in [0, 0.1) is 0 Å². The molecule has 0 spiro atoms. The van der Waals surface area contributed by atoms with E-state index in [1.54, 1.807) is 0 Å². The highest BCUT2D eigenvalue weighted by Gasteiger charge is 2.07. The van der Waals surface area contributed by atoms with Gasteiger partial charge in [0.2, 0.25) is 0 Å². The lowest BCUT2D eigenvalue weighted by molar-refractivity contribution is 0.716. The van der Waals surface area contributed by atoms with E-state index in [1.807, 2.05) is 23.9 Å². The molecule has 2 N–H and O–H groups in total. The third kappa shape index (κ3) is 1.55. The predicted octanol–water partition coefficient (Wildman–Crippen LogP) is 1.84. The summed E-state index contributed by atoms with van der Waals surface area (Å²) in [6, 6.07) is 6.14. The van der Waals surface area contributed by atoms with Crippen LogP contribution in [-0.4, -0.2) is 16.3 Å². The van der Waals surface area contributed by atoms with E-state index >= 15 is 0 Å². The molecule has 2 aromatic rings. The van der Waals surface area contributed by atoms with Gasteiger partial charge in [-0.15, -0.1) is 0 Å². The van der Waals surface area contributed by atoms with Crippen LogP contribution in [0.4, 0.5) is 0 Å². The highest BCUT2D eigenvalue weighted by molar-refractivity contribution is 9.10. The first kappa shape index (κ1) is 9.68. The Bertz CT molecular complexity index is 462. The number of hydrogen-bond donors (Lipinski definition) is 1. The maximum atomic E-state index is 5.56. The van der Waals surface area contributed by atoms with E-state index in [-0.39, 0.29) is 0 Å². The van der Waals surface area contributed by atoms with Crippen molar-refractivity contribution in [3.8, 4) is 0 Å². The number of hydrogen-bond acceptors (Lipinski definition) is 2. The molecule has 0 unspecified atom stereocenters. The van der Waals surface area contributed by atoms with Crippen LogP contribution in [0.3, 0.4) is 0 Å². The molecular formula is C10H12BrN3. The maximum absolute atomic E-state index is 5.56. The van der Waals surface area contributed by atoms with Crippen LogP contribution in [0.25, 0.3) is 10.9 Å². The molecule has 0 saturated carbocycles. The molecule has 1 aromatic carbocycles. The molecule has 0 bridgehead atoms. The Morgan fingerprint density at radius 2 is 2.29 bits per heavy atom. The fourth-order valence-electron chi connectivity index (χ4n) is 1.66. The lowest BCUT2D eigenvalue weighted by atomic mass is 10.2. The van der Waals surface area contributed by atoms with Crippen LogP contribution in [0.15, 0.2) is 22.7 Å². The molecule has 0 amide bonds. The minimum Gasteiger partial charge on any atom is -0.330 e. The topological polar surface area (TPSA) is 43.8 Å². The first-order valence-corrected chi connectivity index (χ1v) is 5.33. The van der Waals surface area contributed by atoms with Gasteiger partial charge >= 0.3 is 0 Å². The molecule has 0 aliphatic heterocycles. The van der Waals surface area contributed by atoms with E-state index < -0.39 is 0 Å². The van der Waals surface area contributed by atoms with Gasteiger partial charge in [-0.1, -0.05) is 15.9 Å². The average molecular weight is 254 g/mol. The molecule has 14 heavy (non-hydrogen) atoms. The van der Waals surface area contributed by atoms with Gasteiger partial charge in [-0.2, -0.15) is 5.10 Å². The summed E-state index contributed by atoms with van der Waals surface area (Å²) in [5, 5.41) is 5.62. The van der Waals surface area contributed by atoms with Crippen molar-refractivity contribution in [2.75, 3.05) is 6.54 Å². The zero-order chi connectivity index (χ0) is 10.1. The average Bonchev–Trinajstić information content (AvgIpc) is 2.43. The van der Waals surface area contributed by atoms with E-state index in [9.17, 15) is 0 Å². The number of fused-ring (bicyclic) bond motifs is 1. The number of aromatic nitrogens is 2. The van der Waals surface area contributed by atoms with Crippen molar-refractivity contribution in [1.82, 2.24) is 9.78 Å². The Balaban J connectivity index is 2.64. The number of rotatable bonds is 2. The SMILES string of the molecule is Cn1nc2cc(Br)ccc2c1CCN. The molecule has 3 nitrogen and oxygen atoms in total. The molecule has 4 heteroatoms. The van der Waals surface area contributed by atoms with Crippen molar-refractivity contribution in [2.24, 2.45) is 12.8 Å². The molecule has 0 aliphatic carbocycles. The lowest BCUT2D eigenvalue weighted by Gasteiger charge is -1.98. The van der Waals surface area contributed by atoms with Gasteiger partial charge in [-0.05, 0) is 24.7 Å². The minimum atomic E-state index is 0.657. The summed E-state index contributed by atoms with van der Waals surface area (Å²) in [5.41, 5.74) is 7.78. The summed E-state index contributed by atoms with van der Waals surface area (Å²) in [5.74, 6) is 0. The van der Waals surface area contributed by atoms with Gasteiger partial charge < -0.3 is 5.73 Å². The number of nitrogens with two attached hydrogens (primary N) is 1. The van der Waals surface area contributed by atoms with E-state index in [4.69, 9.17) is 5.73 Å². The second-order valence-corrected chi connectivity index (χ2v) is 4.19. The van der Waals surface area contributed by atoms with Gasteiger partial charge in [0.1, 0.15) is 0 Å². The minimum absolute atomic E-state index is 0.657. The summed E-state index contributed by atoms with van der Waals surface area (Å²) in [6.45, 7) is 0.657. The Morgan fingerprint density at radius 1 is 1.50 bits per heavy atom.